The van der Waals surface area contributed by atoms with E-state index in [2.05, 4.69) is 15.8 Å². The molecule has 3 aromatic rings. The molecule has 0 saturated heterocycles. The molecule has 0 atom stereocenters. The van der Waals surface area contributed by atoms with E-state index in [1.165, 1.54) is 17.6 Å². The highest BCUT2D eigenvalue weighted by Crippen LogP contribution is 2.19. The Bertz CT molecular complexity index is 1130. The first kappa shape index (κ1) is 22.1. The van der Waals surface area contributed by atoms with Gasteiger partial charge in [0.2, 0.25) is 0 Å². The summed E-state index contributed by atoms with van der Waals surface area (Å²) < 4.78 is 0. The number of hydrogen-bond acceptors (Lipinski definition) is 4. The second kappa shape index (κ2) is 10.4. The van der Waals surface area contributed by atoms with E-state index in [0.717, 1.165) is 4.88 Å². The number of carbonyl (C=O) groups is 2. The van der Waals surface area contributed by atoms with Crippen molar-refractivity contribution in [2.24, 2.45) is 5.10 Å². The lowest BCUT2D eigenvalue weighted by Crippen LogP contribution is -2.33. The predicted molar refractivity (Wildman–Crippen MR) is 123 cm³/mol. The number of benzene rings is 2. The number of nitrogens with one attached hydrogen (secondary N) is 2. The van der Waals surface area contributed by atoms with Crippen LogP contribution in [0, 0.1) is 0 Å². The van der Waals surface area contributed by atoms with Gasteiger partial charge in [-0.3, -0.25) is 9.59 Å². The summed E-state index contributed by atoms with van der Waals surface area (Å²) in [4.78, 5) is 26.0. The number of thiophene rings is 1. The van der Waals surface area contributed by atoms with Crippen LogP contribution in [0.2, 0.25) is 15.1 Å². The molecule has 2 N–H and O–H groups in total. The molecule has 9 heteroatoms. The zero-order chi connectivity index (χ0) is 21.5. The third-order valence-electron chi connectivity index (χ3n) is 3.77. The fourth-order valence-electron chi connectivity index (χ4n) is 2.34. The van der Waals surface area contributed by atoms with Crippen molar-refractivity contribution in [3.63, 3.8) is 0 Å². The van der Waals surface area contributed by atoms with E-state index in [-0.39, 0.29) is 16.3 Å². The highest BCUT2D eigenvalue weighted by atomic mass is 35.5. The lowest BCUT2D eigenvalue weighted by molar-refractivity contribution is -0.117. The van der Waals surface area contributed by atoms with Crippen LogP contribution in [-0.2, 0) is 4.79 Å². The first-order valence-electron chi connectivity index (χ1n) is 8.53. The Kier molecular flexibility index (Phi) is 7.65. The Morgan fingerprint density at radius 3 is 2.47 bits per heavy atom. The quantitative estimate of drug-likeness (QED) is 0.274. The van der Waals surface area contributed by atoms with Gasteiger partial charge in [0.25, 0.3) is 11.8 Å². The van der Waals surface area contributed by atoms with Gasteiger partial charge in [-0.2, -0.15) is 5.10 Å². The summed E-state index contributed by atoms with van der Waals surface area (Å²) in [6, 6.07) is 15.1. The van der Waals surface area contributed by atoms with Crippen molar-refractivity contribution in [3.05, 3.63) is 96.7 Å². The minimum Gasteiger partial charge on any atom is -0.317 e. The minimum absolute atomic E-state index is 0.0155. The van der Waals surface area contributed by atoms with Gasteiger partial charge in [0.15, 0.2) is 0 Å². The van der Waals surface area contributed by atoms with E-state index in [0.29, 0.717) is 15.6 Å². The van der Waals surface area contributed by atoms with Gasteiger partial charge >= 0.3 is 0 Å². The third-order valence-corrected chi connectivity index (χ3v) is 5.48. The maximum Gasteiger partial charge on any atom is 0.287 e. The van der Waals surface area contributed by atoms with Crippen molar-refractivity contribution in [2.45, 2.75) is 0 Å². The van der Waals surface area contributed by atoms with Crippen molar-refractivity contribution in [1.29, 1.82) is 0 Å². The molecule has 3 rings (SSSR count). The summed E-state index contributed by atoms with van der Waals surface area (Å²) in [6.45, 7) is 0. The van der Waals surface area contributed by atoms with E-state index in [1.807, 2.05) is 17.5 Å². The van der Waals surface area contributed by atoms with Gasteiger partial charge in [0.1, 0.15) is 5.70 Å². The van der Waals surface area contributed by atoms with Crippen LogP contribution in [-0.4, -0.2) is 18.0 Å². The average molecular weight is 479 g/mol. The standard InChI is InChI=1S/C21H14Cl3N3O2S/c22-14-8-7-13(18(24)10-14)12-25-27-21(29)19(11-15-4-3-9-30-15)26-20(28)16-5-1-2-6-17(16)23/h1-12H,(H,26,28)(H,27,29)/b19-11+,25-12?. The second-order valence-electron chi connectivity index (χ2n) is 5.87. The van der Waals surface area contributed by atoms with E-state index in [4.69, 9.17) is 34.8 Å². The number of rotatable bonds is 6. The summed E-state index contributed by atoms with van der Waals surface area (Å²) in [5.41, 5.74) is 3.22. The monoisotopic (exact) mass is 477 g/mol. The lowest BCUT2D eigenvalue weighted by Gasteiger charge is -2.09. The molecule has 2 aromatic carbocycles. The number of hydrogen-bond donors (Lipinski definition) is 2. The maximum atomic E-state index is 12.7. The van der Waals surface area contributed by atoms with E-state index < -0.39 is 11.8 Å². The molecule has 0 spiro atoms. The van der Waals surface area contributed by atoms with Crippen LogP contribution in [0.25, 0.3) is 6.08 Å². The molecule has 0 aliphatic heterocycles. The molecule has 2 amide bonds. The maximum absolute atomic E-state index is 12.7. The van der Waals surface area contributed by atoms with Crippen LogP contribution in [0.15, 0.2) is 70.8 Å². The van der Waals surface area contributed by atoms with E-state index in [1.54, 1.807) is 48.5 Å². The molecular formula is C21H14Cl3N3O2S. The van der Waals surface area contributed by atoms with Crippen LogP contribution < -0.4 is 10.7 Å². The van der Waals surface area contributed by atoms with Crippen molar-refractivity contribution in [2.75, 3.05) is 0 Å². The number of hydrazone groups is 1. The Hall–Kier alpha value is -2.64. The van der Waals surface area contributed by atoms with Crippen molar-refractivity contribution in [3.8, 4) is 0 Å². The molecule has 0 radical (unpaired) electrons. The van der Waals surface area contributed by atoms with E-state index in [9.17, 15) is 9.59 Å². The third kappa shape index (κ3) is 5.93. The molecule has 0 saturated carbocycles. The molecule has 0 fully saturated rings. The predicted octanol–water partition coefficient (Wildman–Crippen LogP) is 5.63. The lowest BCUT2D eigenvalue weighted by atomic mass is 10.2. The molecular weight excluding hydrogens is 465 g/mol. The molecule has 1 aromatic heterocycles. The molecule has 0 aliphatic carbocycles. The van der Waals surface area contributed by atoms with Crippen LogP contribution in [0.5, 0.6) is 0 Å². The number of amides is 2. The number of halogens is 3. The van der Waals surface area contributed by atoms with Crippen LogP contribution >= 0.6 is 46.1 Å². The summed E-state index contributed by atoms with van der Waals surface area (Å²) in [7, 11) is 0. The highest BCUT2D eigenvalue weighted by Gasteiger charge is 2.16. The Balaban J connectivity index is 1.78. The first-order valence-corrected chi connectivity index (χ1v) is 10.5. The fraction of sp³-hybridized carbons (Fsp3) is 0. The zero-order valence-corrected chi connectivity index (χ0v) is 18.3. The molecule has 1 heterocycles. The minimum atomic E-state index is -0.606. The Morgan fingerprint density at radius 1 is 0.967 bits per heavy atom. The molecule has 0 aliphatic rings. The summed E-state index contributed by atoms with van der Waals surface area (Å²) in [6.07, 6.45) is 2.94. The second-order valence-corrected chi connectivity index (χ2v) is 8.10. The Labute approximate surface area is 192 Å². The van der Waals surface area contributed by atoms with Gasteiger partial charge in [-0.1, -0.05) is 59.1 Å². The SMILES string of the molecule is O=C(NN=Cc1ccc(Cl)cc1Cl)/C(=C\c1cccs1)NC(=O)c1ccccc1Cl. The molecule has 152 valence electrons. The summed E-state index contributed by atoms with van der Waals surface area (Å²) in [5, 5.41) is 9.53. The average Bonchev–Trinajstić information content (AvgIpc) is 3.22. The fourth-order valence-corrected chi connectivity index (χ4v) is 3.67. The van der Waals surface area contributed by atoms with Crippen molar-refractivity contribution >= 4 is 70.2 Å². The molecule has 0 bridgehead atoms. The summed E-state index contributed by atoms with van der Waals surface area (Å²) in [5.74, 6) is -1.12. The normalized spacial score (nSPS) is 11.5. The largest absolute Gasteiger partial charge is 0.317 e. The first-order chi connectivity index (χ1) is 14.4. The topological polar surface area (TPSA) is 70.6 Å². The van der Waals surface area contributed by atoms with Crippen molar-refractivity contribution < 1.29 is 9.59 Å². The zero-order valence-electron chi connectivity index (χ0n) is 15.2. The number of carbonyl (C=O) groups excluding carboxylic acids is 2. The Morgan fingerprint density at radius 2 is 1.77 bits per heavy atom. The highest BCUT2D eigenvalue weighted by molar-refractivity contribution is 7.10. The van der Waals surface area contributed by atoms with Gasteiger partial charge < -0.3 is 5.32 Å². The summed E-state index contributed by atoms with van der Waals surface area (Å²) >= 11 is 19.4. The van der Waals surface area contributed by atoms with E-state index >= 15 is 0 Å². The van der Waals surface area contributed by atoms with Crippen LogP contribution in [0.1, 0.15) is 20.8 Å². The van der Waals surface area contributed by atoms with Gasteiger partial charge in [-0.25, -0.2) is 5.43 Å². The van der Waals surface area contributed by atoms with Gasteiger partial charge in [0, 0.05) is 15.5 Å². The van der Waals surface area contributed by atoms with Crippen molar-refractivity contribution in [1.82, 2.24) is 10.7 Å². The molecule has 5 nitrogen and oxygen atoms in total. The smallest absolute Gasteiger partial charge is 0.287 e. The molecule has 30 heavy (non-hydrogen) atoms. The molecule has 0 unspecified atom stereocenters. The van der Waals surface area contributed by atoms with Crippen LogP contribution in [0.4, 0.5) is 0 Å². The number of nitrogens with zero attached hydrogens (tertiary/aromatic N) is 1. The van der Waals surface area contributed by atoms with Gasteiger partial charge in [-0.05, 0) is 41.8 Å². The van der Waals surface area contributed by atoms with Crippen LogP contribution in [0.3, 0.4) is 0 Å². The van der Waals surface area contributed by atoms with Gasteiger partial charge in [0.05, 0.1) is 21.8 Å². The van der Waals surface area contributed by atoms with Gasteiger partial charge in [-0.15, -0.1) is 11.3 Å².